The highest BCUT2D eigenvalue weighted by Gasteiger charge is 2.52. The van der Waals surface area contributed by atoms with Gasteiger partial charge in [-0.15, -0.1) is 6.42 Å². The van der Waals surface area contributed by atoms with Crippen LogP contribution in [0.25, 0.3) is 0 Å². The van der Waals surface area contributed by atoms with Crippen molar-refractivity contribution in [3.63, 3.8) is 0 Å². The Labute approximate surface area is 76.8 Å². The van der Waals surface area contributed by atoms with E-state index in [4.69, 9.17) is 6.42 Å². The van der Waals surface area contributed by atoms with Gasteiger partial charge in [0.15, 0.2) is 0 Å². The van der Waals surface area contributed by atoms with Gasteiger partial charge in [-0.05, 0) is 13.8 Å². The van der Waals surface area contributed by atoms with Crippen molar-refractivity contribution in [2.45, 2.75) is 13.8 Å². The van der Waals surface area contributed by atoms with Gasteiger partial charge in [-0.2, -0.15) is 0 Å². The minimum absolute atomic E-state index is 0.566. The van der Waals surface area contributed by atoms with Gasteiger partial charge in [-0.1, -0.05) is 18.1 Å². The highest BCUT2D eigenvalue weighted by molar-refractivity contribution is 6.01. The Balaban J connectivity index is 3.12. The summed E-state index contributed by atoms with van der Waals surface area (Å²) in [7, 11) is 0. The Morgan fingerprint density at radius 1 is 1.62 bits per heavy atom. The Morgan fingerprint density at radius 3 is 2.69 bits per heavy atom. The molecule has 0 amide bonds. The lowest BCUT2D eigenvalue weighted by molar-refractivity contribution is -0.154. The van der Waals surface area contributed by atoms with Gasteiger partial charge >= 0.3 is 11.9 Å². The average Bonchev–Trinajstić information content (AvgIpc) is 2.31. The second-order valence-corrected chi connectivity index (χ2v) is 3.06. The van der Waals surface area contributed by atoms with E-state index in [1.54, 1.807) is 19.1 Å². The van der Waals surface area contributed by atoms with Crippen molar-refractivity contribution in [2.24, 2.45) is 11.3 Å². The summed E-state index contributed by atoms with van der Waals surface area (Å²) in [6.07, 6.45) is 8.48. The number of carbonyl (C=O) groups excluding carboxylic acids is 2. The van der Waals surface area contributed by atoms with Gasteiger partial charge in [0.1, 0.15) is 11.3 Å². The lowest BCUT2D eigenvalue weighted by atomic mass is 9.80. The third kappa shape index (κ3) is 1.25. The lowest BCUT2D eigenvalue weighted by Crippen LogP contribution is -2.27. The van der Waals surface area contributed by atoms with Crippen molar-refractivity contribution in [2.75, 3.05) is 0 Å². The molecule has 2 atom stereocenters. The number of rotatable bonds is 1. The molecule has 0 saturated carbocycles. The molecule has 68 valence electrons. The number of esters is 2. The number of terminal acetylenes is 1. The number of ether oxygens (including phenoxy) is 1. The van der Waals surface area contributed by atoms with E-state index in [1.165, 1.54) is 6.92 Å². The van der Waals surface area contributed by atoms with E-state index in [0.717, 1.165) is 0 Å². The predicted octanol–water partition coefficient (Wildman–Crippen LogP) is 0.902. The summed E-state index contributed by atoms with van der Waals surface area (Å²) in [4.78, 5) is 22.4. The summed E-state index contributed by atoms with van der Waals surface area (Å²) in [5, 5.41) is 0. The summed E-state index contributed by atoms with van der Waals surface area (Å²) < 4.78 is 4.46. The van der Waals surface area contributed by atoms with Crippen LogP contribution in [0.5, 0.6) is 0 Å². The maximum atomic E-state index is 11.2. The molecule has 0 aliphatic carbocycles. The molecule has 0 radical (unpaired) electrons. The van der Waals surface area contributed by atoms with E-state index in [1.807, 2.05) is 0 Å². The van der Waals surface area contributed by atoms with Gasteiger partial charge < -0.3 is 4.74 Å². The summed E-state index contributed by atoms with van der Waals surface area (Å²) in [6.45, 7) is 3.29. The number of allylic oxidation sites excluding steroid dienone is 1. The molecule has 0 N–H and O–H groups in total. The zero-order valence-corrected chi connectivity index (χ0v) is 7.53. The first-order chi connectivity index (χ1) is 6.06. The first-order valence-corrected chi connectivity index (χ1v) is 3.93. The topological polar surface area (TPSA) is 43.4 Å². The average molecular weight is 178 g/mol. The molecule has 3 heteroatoms. The zero-order chi connectivity index (χ0) is 10.1. The minimum Gasteiger partial charge on any atom is -0.391 e. The van der Waals surface area contributed by atoms with E-state index in [9.17, 15) is 9.59 Å². The predicted molar refractivity (Wildman–Crippen MR) is 46.3 cm³/mol. The molecule has 0 bridgehead atoms. The number of hydrogen-bond acceptors (Lipinski definition) is 3. The normalized spacial score (nSPS) is 33.5. The van der Waals surface area contributed by atoms with Crippen LogP contribution in [0, 0.1) is 23.7 Å². The van der Waals surface area contributed by atoms with Gasteiger partial charge in [0.25, 0.3) is 0 Å². The highest BCUT2D eigenvalue weighted by atomic mass is 16.6. The van der Waals surface area contributed by atoms with Crippen molar-refractivity contribution >= 4 is 11.9 Å². The molecule has 1 aliphatic rings. The molecule has 1 saturated heterocycles. The molecule has 3 nitrogen and oxygen atoms in total. The summed E-state index contributed by atoms with van der Waals surface area (Å²) in [6, 6.07) is 0. The Hall–Kier alpha value is -1.56. The van der Waals surface area contributed by atoms with Crippen LogP contribution < -0.4 is 0 Å². The molecule has 1 fully saturated rings. The summed E-state index contributed by atoms with van der Waals surface area (Å²) in [5.74, 6) is 0.463. The van der Waals surface area contributed by atoms with Crippen molar-refractivity contribution in [1.82, 2.24) is 0 Å². The van der Waals surface area contributed by atoms with Crippen molar-refractivity contribution < 1.29 is 14.3 Å². The first-order valence-electron chi connectivity index (χ1n) is 3.93. The van der Waals surface area contributed by atoms with Crippen molar-refractivity contribution in [3.05, 3.63) is 12.2 Å². The monoisotopic (exact) mass is 178 g/mol. The van der Waals surface area contributed by atoms with Gasteiger partial charge in [0.2, 0.25) is 0 Å². The molecular weight excluding hydrogens is 168 g/mol. The van der Waals surface area contributed by atoms with E-state index in [2.05, 4.69) is 10.7 Å². The minimum atomic E-state index is -1.14. The Kier molecular flexibility index (Phi) is 2.24. The molecule has 2 unspecified atom stereocenters. The van der Waals surface area contributed by atoms with Crippen LogP contribution in [0.1, 0.15) is 13.8 Å². The Morgan fingerprint density at radius 2 is 2.23 bits per heavy atom. The lowest BCUT2D eigenvalue weighted by Gasteiger charge is -2.14. The molecule has 13 heavy (non-hydrogen) atoms. The molecule has 0 aromatic carbocycles. The maximum Gasteiger partial charge on any atom is 0.332 e. The van der Waals surface area contributed by atoms with Gasteiger partial charge in [-0.25, -0.2) is 4.79 Å². The smallest absolute Gasteiger partial charge is 0.332 e. The molecule has 1 heterocycles. The number of cyclic esters (lactones) is 2. The fourth-order valence-electron chi connectivity index (χ4n) is 1.24. The summed E-state index contributed by atoms with van der Waals surface area (Å²) in [5.41, 5.74) is -1.14. The summed E-state index contributed by atoms with van der Waals surface area (Å²) >= 11 is 0. The van der Waals surface area contributed by atoms with Crippen LogP contribution in [0.2, 0.25) is 0 Å². The van der Waals surface area contributed by atoms with Crippen LogP contribution >= 0.6 is 0 Å². The van der Waals surface area contributed by atoms with Gasteiger partial charge in [0.05, 0.1) is 0 Å². The maximum absolute atomic E-state index is 11.2. The van der Waals surface area contributed by atoms with E-state index < -0.39 is 23.3 Å². The van der Waals surface area contributed by atoms with Gasteiger partial charge in [0, 0.05) is 0 Å². The molecule has 1 rings (SSSR count). The quantitative estimate of drug-likeness (QED) is 0.259. The van der Waals surface area contributed by atoms with Crippen molar-refractivity contribution in [3.8, 4) is 12.3 Å². The standard InChI is InChI=1S/C10H10O3/c1-4-6-7-8(11)13-9(12)10(7,3)5-2/h2,4,6-7H,1,3H3/b6-4-. The van der Waals surface area contributed by atoms with Crippen LogP contribution in [0.15, 0.2) is 12.2 Å². The van der Waals surface area contributed by atoms with Crippen molar-refractivity contribution in [1.29, 1.82) is 0 Å². The molecule has 0 aromatic heterocycles. The zero-order valence-electron chi connectivity index (χ0n) is 7.53. The number of hydrogen-bond donors (Lipinski definition) is 0. The second-order valence-electron chi connectivity index (χ2n) is 3.06. The highest BCUT2D eigenvalue weighted by Crippen LogP contribution is 2.36. The molecular formula is C10H10O3. The van der Waals surface area contributed by atoms with Crippen LogP contribution in [-0.4, -0.2) is 11.9 Å². The van der Waals surface area contributed by atoms with Crippen LogP contribution in [0.4, 0.5) is 0 Å². The van der Waals surface area contributed by atoms with E-state index in [-0.39, 0.29) is 0 Å². The fraction of sp³-hybridized carbons (Fsp3) is 0.400. The molecule has 1 aliphatic heterocycles. The fourth-order valence-corrected chi connectivity index (χ4v) is 1.24. The first kappa shape index (κ1) is 9.53. The Bertz CT molecular complexity index is 322. The van der Waals surface area contributed by atoms with E-state index >= 15 is 0 Å². The van der Waals surface area contributed by atoms with E-state index in [0.29, 0.717) is 0 Å². The van der Waals surface area contributed by atoms with Gasteiger partial charge in [-0.3, -0.25) is 4.79 Å². The third-order valence-electron chi connectivity index (χ3n) is 2.18. The second kappa shape index (κ2) is 3.06. The SMILES string of the molecule is C#CC1(C)C(=O)OC(=O)C1/C=C\C. The number of carbonyl (C=O) groups is 2. The van der Waals surface area contributed by atoms with Crippen LogP contribution in [0.3, 0.4) is 0 Å². The largest absolute Gasteiger partial charge is 0.391 e. The molecule has 0 spiro atoms. The van der Waals surface area contributed by atoms with Crippen LogP contribution in [-0.2, 0) is 14.3 Å². The third-order valence-corrected chi connectivity index (χ3v) is 2.18. The molecule has 0 aromatic rings.